The SMILES string of the molecule is Cc1cc(C)nc(NC(=O)c2cccc(C)c2N)n1. The minimum Gasteiger partial charge on any atom is -0.398 e. The van der Waals surface area contributed by atoms with Gasteiger partial charge in [-0.3, -0.25) is 10.1 Å². The quantitative estimate of drug-likeness (QED) is 0.807. The molecule has 0 saturated heterocycles. The third-order valence-electron chi connectivity index (χ3n) is 2.78. The van der Waals surface area contributed by atoms with E-state index in [-0.39, 0.29) is 5.91 Å². The molecular weight excluding hydrogens is 240 g/mol. The fourth-order valence-electron chi connectivity index (χ4n) is 1.83. The number of nitrogens with one attached hydrogen (secondary N) is 1. The van der Waals surface area contributed by atoms with Gasteiger partial charge in [0.05, 0.1) is 5.56 Å². The molecule has 3 N–H and O–H groups in total. The Morgan fingerprint density at radius 1 is 1.16 bits per heavy atom. The standard InChI is InChI=1S/C14H16N4O/c1-8-5-4-6-11(12(8)15)13(19)18-14-16-9(2)7-10(3)17-14/h4-7H,15H2,1-3H3,(H,16,17,18,19). The van der Waals surface area contributed by atoms with Crippen molar-refractivity contribution in [3.05, 3.63) is 46.8 Å². The minimum atomic E-state index is -0.300. The van der Waals surface area contributed by atoms with Gasteiger partial charge in [-0.15, -0.1) is 0 Å². The maximum absolute atomic E-state index is 12.1. The molecule has 2 aromatic rings. The van der Waals surface area contributed by atoms with Gasteiger partial charge in [-0.2, -0.15) is 0 Å². The van der Waals surface area contributed by atoms with Gasteiger partial charge in [0, 0.05) is 17.1 Å². The number of aryl methyl sites for hydroxylation is 3. The zero-order valence-corrected chi connectivity index (χ0v) is 11.2. The predicted octanol–water partition coefficient (Wildman–Crippen LogP) is 2.24. The average Bonchev–Trinajstić information content (AvgIpc) is 2.31. The van der Waals surface area contributed by atoms with Crippen molar-refractivity contribution in [3.8, 4) is 0 Å². The van der Waals surface area contributed by atoms with Crippen LogP contribution in [-0.2, 0) is 0 Å². The van der Waals surface area contributed by atoms with Gasteiger partial charge in [-0.05, 0) is 38.5 Å². The van der Waals surface area contributed by atoms with Crippen molar-refractivity contribution in [2.24, 2.45) is 0 Å². The van der Waals surface area contributed by atoms with E-state index in [1.807, 2.05) is 32.9 Å². The van der Waals surface area contributed by atoms with E-state index in [1.165, 1.54) is 0 Å². The maximum Gasteiger partial charge on any atom is 0.260 e. The monoisotopic (exact) mass is 256 g/mol. The second kappa shape index (κ2) is 5.06. The molecule has 98 valence electrons. The molecule has 1 aromatic carbocycles. The first-order chi connectivity index (χ1) is 8.97. The molecule has 0 atom stereocenters. The number of amides is 1. The van der Waals surface area contributed by atoms with E-state index in [0.717, 1.165) is 17.0 Å². The molecule has 1 amide bonds. The van der Waals surface area contributed by atoms with Crippen LogP contribution in [0.15, 0.2) is 24.3 Å². The van der Waals surface area contributed by atoms with Gasteiger partial charge in [0.1, 0.15) is 0 Å². The van der Waals surface area contributed by atoms with Gasteiger partial charge in [0.2, 0.25) is 5.95 Å². The summed E-state index contributed by atoms with van der Waals surface area (Å²) < 4.78 is 0. The summed E-state index contributed by atoms with van der Waals surface area (Å²) >= 11 is 0. The molecule has 0 spiro atoms. The Morgan fingerprint density at radius 2 is 1.79 bits per heavy atom. The molecule has 5 heteroatoms. The number of anilines is 2. The topological polar surface area (TPSA) is 80.9 Å². The van der Waals surface area contributed by atoms with Gasteiger partial charge in [-0.1, -0.05) is 12.1 Å². The lowest BCUT2D eigenvalue weighted by atomic mass is 10.1. The summed E-state index contributed by atoms with van der Waals surface area (Å²) in [5, 5.41) is 2.67. The molecule has 1 aromatic heterocycles. The van der Waals surface area contributed by atoms with E-state index in [2.05, 4.69) is 15.3 Å². The number of hydrogen-bond donors (Lipinski definition) is 2. The van der Waals surface area contributed by atoms with Crippen LogP contribution < -0.4 is 11.1 Å². The fraction of sp³-hybridized carbons (Fsp3) is 0.214. The Bertz CT molecular complexity index is 617. The van der Waals surface area contributed by atoms with E-state index in [4.69, 9.17) is 5.73 Å². The van der Waals surface area contributed by atoms with E-state index < -0.39 is 0 Å². The predicted molar refractivity (Wildman–Crippen MR) is 75.1 cm³/mol. The van der Waals surface area contributed by atoms with Gasteiger partial charge in [0.15, 0.2) is 0 Å². The summed E-state index contributed by atoms with van der Waals surface area (Å²) in [5.74, 6) is -0.00499. The summed E-state index contributed by atoms with van der Waals surface area (Å²) in [6.07, 6.45) is 0. The van der Waals surface area contributed by atoms with Gasteiger partial charge >= 0.3 is 0 Å². The summed E-state index contributed by atoms with van der Waals surface area (Å²) in [6.45, 7) is 5.57. The highest BCUT2D eigenvalue weighted by molar-refractivity contribution is 6.07. The summed E-state index contributed by atoms with van der Waals surface area (Å²) in [7, 11) is 0. The second-order valence-corrected chi connectivity index (χ2v) is 4.46. The highest BCUT2D eigenvalue weighted by Gasteiger charge is 2.12. The van der Waals surface area contributed by atoms with Crippen LogP contribution in [0.1, 0.15) is 27.3 Å². The van der Waals surface area contributed by atoms with Crippen LogP contribution in [0.2, 0.25) is 0 Å². The van der Waals surface area contributed by atoms with Crippen molar-refractivity contribution in [1.29, 1.82) is 0 Å². The van der Waals surface area contributed by atoms with Gasteiger partial charge < -0.3 is 5.73 Å². The molecule has 0 radical (unpaired) electrons. The zero-order chi connectivity index (χ0) is 14.0. The number of rotatable bonds is 2. The Balaban J connectivity index is 2.28. The molecule has 2 rings (SSSR count). The van der Waals surface area contributed by atoms with Crippen molar-refractivity contribution in [2.45, 2.75) is 20.8 Å². The van der Waals surface area contributed by atoms with Crippen molar-refractivity contribution in [1.82, 2.24) is 9.97 Å². The lowest BCUT2D eigenvalue weighted by molar-refractivity contribution is 0.102. The number of carbonyl (C=O) groups is 1. The molecule has 0 aliphatic heterocycles. The molecule has 0 unspecified atom stereocenters. The van der Waals surface area contributed by atoms with Crippen LogP contribution in [0, 0.1) is 20.8 Å². The van der Waals surface area contributed by atoms with Crippen molar-refractivity contribution >= 4 is 17.5 Å². The van der Waals surface area contributed by atoms with E-state index >= 15 is 0 Å². The third kappa shape index (κ3) is 2.88. The Labute approximate surface area is 111 Å². The summed E-state index contributed by atoms with van der Waals surface area (Å²) in [6, 6.07) is 7.18. The zero-order valence-electron chi connectivity index (χ0n) is 11.2. The second-order valence-electron chi connectivity index (χ2n) is 4.46. The van der Waals surface area contributed by atoms with Crippen LogP contribution in [0.4, 0.5) is 11.6 Å². The first-order valence-electron chi connectivity index (χ1n) is 5.96. The third-order valence-corrected chi connectivity index (χ3v) is 2.78. The molecule has 19 heavy (non-hydrogen) atoms. The number of carbonyl (C=O) groups excluding carboxylic acids is 1. The largest absolute Gasteiger partial charge is 0.398 e. The van der Waals surface area contributed by atoms with Crippen LogP contribution in [0.5, 0.6) is 0 Å². The molecule has 0 saturated carbocycles. The van der Waals surface area contributed by atoms with Crippen molar-refractivity contribution in [2.75, 3.05) is 11.1 Å². The lowest BCUT2D eigenvalue weighted by Gasteiger charge is -2.09. The average molecular weight is 256 g/mol. The van der Waals surface area contributed by atoms with Crippen LogP contribution >= 0.6 is 0 Å². The smallest absolute Gasteiger partial charge is 0.260 e. The van der Waals surface area contributed by atoms with E-state index in [0.29, 0.717) is 17.2 Å². The molecule has 0 fully saturated rings. The van der Waals surface area contributed by atoms with Crippen molar-refractivity contribution in [3.63, 3.8) is 0 Å². The van der Waals surface area contributed by atoms with E-state index in [1.54, 1.807) is 12.1 Å². The number of nitrogens with zero attached hydrogens (tertiary/aromatic N) is 2. The normalized spacial score (nSPS) is 10.3. The highest BCUT2D eigenvalue weighted by atomic mass is 16.1. The maximum atomic E-state index is 12.1. The van der Waals surface area contributed by atoms with Crippen LogP contribution in [0.3, 0.4) is 0 Å². The number of hydrogen-bond acceptors (Lipinski definition) is 4. The first-order valence-corrected chi connectivity index (χ1v) is 5.96. The number of nitrogen functional groups attached to an aromatic ring is 1. The number of para-hydroxylation sites is 1. The van der Waals surface area contributed by atoms with Crippen LogP contribution in [-0.4, -0.2) is 15.9 Å². The first kappa shape index (κ1) is 13.0. The Kier molecular flexibility index (Phi) is 3.46. The summed E-state index contributed by atoms with van der Waals surface area (Å²) in [5.41, 5.74) is 9.29. The Morgan fingerprint density at radius 3 is 2.42 bits per heavy atom. The number of aromatic nitrogens is 2. The molecule has 0 aliphatic carbocycles. The molecular formula is C14H16N4O. The fourth-order valence-corrected chi connectivity index (χ4v) is 1.83. The highest BCUT2D eigenvalue weighted by Crippen LogP contribution is 2.17. The molecule has 5 nitrogen and oxygen atoms in total. The Hall–Kier alpha value is -2.43. The van der Waals surface area contributed by atoms with Gasteiger partial charge in [-0.25, -0.2) is 9.97 Å². The molecule has 0 aliphatic rings. The molecule has 1 heterocycles. The minimum absolute atomic E-state index is 0.295. The van der Waals surface area contributed by atoms with Gasteiger partial charge in [0.25, 0.3) is 5.91 Å². The van der Waals surface area contributed by atoms with Crippen molar-refractivity contribution < 1.29 is 4.79 Å². The van der Waals surface area contributed by atoms with Crippen LogP contribution in [0.25, 0.3) is 0 Å². The number of nitrogens with two attached hydrogens (primary N) is 1. The van der Waals surface area contributed by atoms with E-state index in [9.17, 15) is 4.79 Å². The lowest BCUT2D eigenvalue weighted by Crippen LogP contribution is -2.17. The molecule has 0 bridgehead atoms. The number of benzene rings is 1. The summed E-state index contributed by atoms with van der Waals surface area (Å²) in [4.78, 5) is 20.5.